The lowest BCUT2D eigenvalue weighted by Gasteiger charge is -2.28. The van der Waals surface area contributed by atoms with Crippen LogP contribution in [0.1, 0.15) is 39.7 Å². The molecule has 1 aliphatic heterocycles. The summed E-state index contributed by atoms with van der Waals surface area (Å²) < 4.78 is 16.7. The first-order valence-corrected chi connectivity index (χ1v) is 10.4. The summed E-state index contributed by atoms with van der Waals surface area (Å²) in [6.45, 7) is 7.88. The van der Waals surface area contributed by atoms with Gasteiger partial charge in [0.15, 0.2) is 5.82 Å². The third kappa shape index (κ3) is 4.28. The van der Waals surface area contributed by atoms with E-state index >= 15 is 4.39 Å². The number of benzene rings is 1. The SMILES string of the molecule is CC.CC(C1CCNCC1)n1ncc(-c2cc(-c3ccccc3O)nnc2N)c1F. The molecule has 4 rings (SSSR count). The standard InChI is InChI=1S/C20H23FN6O.C2H6/c1-12(13-6-8-23-9-7-13)27-19(21)16(11-24-27)15-10-17(25-26-20(15)22)14-4-2-3-5-18(14)28;1-2/h2-5,10-13,23,28H,6-9H2,1H3,(H2,22,26);1-2H3. The number of hydrogen-bond donors (Lipinski definition) is 3. The summed E-state index contributed by atoms with van der Waals surface area (Å²) in [5.74, 6) is 0.123. The van der Waals surface area contributed by atoms with Gasteiger partial charge in [-0.15, -0.1) is 10.2 Å². The van der Waals surface area contributed by atoms with Gasteiger partial charge in [-0.2, -0.15) is 9.49 Å². The zero-order chi connectivity index (χ0) is 21.7. The van der Waals surface area contributed by atoms with Gasteiger partial charge in [0.25, 0.3) is 0 Å². The zero-order valence-electron chi connectivity index (χ0n) is 17.6. The van der Waals surface area contributed by atoms with Crippen molar-refractivity contribution in [2.45, 2.75) is 39.7 Å². The molecular weight excluding hydrogens is 383 g/mol. The number of phenolic OH excluding ortho intramolecular Hbond substituents is 1. The lowest BCUT2D eigenvalue weighted by atomic mass is 9.91. The largest absolute Gasteiger partial charge is 0.507 e. The quantitative estimate of drug-likeness (QED) is 0.598. The molecule has 4 N–H and O–H groups in total. The molecule has 0 aliphatic carbocycles. The molecule has 1 fully saturated rings. The molecule has 3 heterocycles. The maximum absolute atomic E-state index is 15.2. The number of halogens is 1. The molecule has 2 aromatic heterocycles. The van der Waals surface area contributed by atoms with Crippen molar-refractivity contribution in [3.63, 3.8) is 0 Å². The van der Waals surface area contributed by atoms with Crippen LogP contribution in [0.3, 0.4) is 0 Å². The summed E-state index contributed by atoms with van der Waals surface area (Å²) in [5, 5.41) is 25.7. The number of anilines is 1. The van der Waals surface area contributed by atoms with Crippen LogP contribution in [0.15, 0.2) is 36.5 Å². The number of rotatable bonds is 4. The van der Waals surface area contributed by atoms with Gasteiger partial charge in [0.05, 0.1) is 23.5 Å². The van der Waals surface area contributed by atoms with Crippen molar-refractivity contribution in [1.29, 1.82) is 0 Å². The first-order chi connectivity index (χ1) is 14.6. The molecule has 0 radical (unpaired) electrons. The summed E-state index contributed by atoms with van der Waals surface area (Å²) in [4.78, 5) is 0. The monoisotopic (exact) mass is 412 g/mol. The molecule has 1 aromatic carbocycles. The predicted octanol–water partition coefficient (Wildman–Crippen LogP) is 4.02. The van der Waals surface area contributed by atoms with E-state index < -0.39 is 5.95 Å². The molecule has 7 nitrogen and oxygen atoms in total. The van der Waals surface area contributed by atoms with Crippen molar-refractivity contribution >= 4 is 5.82 Å². The van der Waals surface area contributed by atoms with E-state index in [1.54, 1.807) is 30.3 Å². The van der Waals surface area contributed by atoms with Crippen molar-refractivity contribution in [1.82, 2.24) is 25.3 Å². The van der Waals surface area contributed by atoms with Gasteiger partial charge in [-0.1, -0.05) is 26.0 Å². The molecule has 1 aliphatic rings. The van der Waals surface area contributed by atoms with Gasteiger partial charge in [0, 0.05) is 11.1 Å². The van der Waals surface area contributed by atoms with Crippen LogP contribution in [0, 0.1) is 11.9 Å². The summed E-state index contributed by atoms with van der Waals surface area (Å²) in [7, 11) is 0. The zero-order valence-corrected chi connectivity index (χ0v) is 17.6. The summed E-state index contributed by atoms with van der Waals surface area (Å²) in [5.41, 5.74) is 7.60. The number of nitrogen functional groups attached to an aromatic ring is 1. The Morgan fingerprint density at radius 1 is 1.13 bits per heavy atom. The highest BCUT2D eigenvalue weighted by Crippen LogP contribution is 2.35. The van der Waals surface area contributed by atoms with Gasteiger partial charge >= 0.3 is 0 Å². The lowest BCUT2D eigenvalue weighted by molar-refractivity contribution is 0.240. The fourth-order valence-corrected chi connectivity index (χ4v) is 3.78. The first-order valence-electron chi connectivity index (χ1n) is 10.4. The third-order valence-corrected chi connectivity index (χ3v) is 5.48. The Labute approximate surface area is 176 Å². The fraction of sp³-hybridized carbons (Fsp3) is 0.409. The minimum Gasteiger partial charge on any atom is -0.507 e. The molecule has 3 aromatic rings. The second kappa shape index (κ2) is 9.67. The lowest BCUT2D eigenvalue weighted by Crippen LogP contribution is -2.32. The van der Waals surface area contributed by atoms with Crippen LogP contribution in [0.2, 0.25) is 0 Å². The molecule has 1 atom stereocenters. The van der Waals surface area contributed by atoms with E-state index in [1.807, 2.05) is 20.8 Å². The molecule has 1 saturated heterocycles. The number of nitrogens with two attached hydrogens (primary N) is 1. The van der Waals surface area contributed by atoms with Crippen LogP contribution in [0.4, 0.5) is 10.2 Å². The predicted molar refractivity (Wildman–Crippen MR) is 116 cm³/mol. The minimum absolute atomic E-state index is 0.0514. The molecule has 1 unspecified atom stereocenters. The van der Waals surface area contributed by atoms with Crippen molar-refractivity contribution in [3.8, 4) is 28.1 Å². The average Bonchev–Trinajstić information content (AvgIpc) is 3.17. The van der Waals surface area contributed by atoms with Gasteiger partial charge in [0.1, 0.15) is 5.75 Å². The Balaban J connectivity index is 0.00000124. The van der Waals surface area contributed by atoms with E-state index in [-0.39, 0.29) is 23.2 Å². The van der Waals surface area contributed by atoms with E-state index in [1.165, 1.54) is 10.9 Å². The van der Waals surface area contributed by atoms with Gasteiger partial charge in [-0.3, -0.25) is 0 Å². The molecule has 30 heavy (non-hydrogen) atoms. The molecule has 160 valence electrons. The smallest absolute Gasteiger partial charge is 0.219 e. The average molecular weight is 413 g/mol. The summed E-state index contributed by atoms with van der Waals surface area (Å²) >= 11 is 0. The summed E-state index contributed by atoms with van der Waals surface area (Å²) in [6.07, 6.45) is 3.47. The van der Waals surface area contributed by atoms with Crippen LogP contribution < -0.4 is 11.1 Å². The van der Waals surface area contributed by atoms with E-state index in [4.69, 9.17) is 5.73 Å². The second-order valence-electron chi connectivity index (χ2n) is 7.17. The highest BCUT2D eigenvalue weighted by molar-refractivity contribution is 5.78. The van der Waals surface area contributed by atoms with Crippen LogP contribution >= 0.6 is 0 Å². The van der Waals surface area contributed by atoms with E-state index in [9.17, 15) is 5.11 Å². The molecule has 0 spiro atoms. The third-order valence-electron chi connectivity index (χ3n) is 5.48. The van der Waals surface area contributed by atoms with E-state index in [2.05, 4.69) is 20.6 Å². The van der Waals surface area contributed by atoms with E-state index in [0.717, 1.165) is 25.9 Å². The number of nitrogens with zero attached hydrogens (tertiary/aromatic N) is 4. The van der Waals surface area contributed by atoms with Crippen molar-refractivity contribution in [3.05, 3.63) is 42.5 Å². The Morgan fingerprint density at radius 3 is 2.53 bits per heavy atom. The normalized spacial score (nSPS) is 15.3. The molecule has 8 heteroatoms. The Hall–Kier alpha value is -3.00. The number of nitrogens with one attached hydrogen (secondary N) is 1. The minimum atomic E-state index is -0.436. The molecular formula is C22H29FN6O. The number of piperidine rings is 1. The van der Waals surface area contributed by atoms with Crippen molar-refractivity contribution in [2.75, 3.05) is 18.8 Å². The molecule has 0 saturated carbocycles. The van der Waals surface area contributed by atoms with Gasteiger partial charge in [0.2, 0.25) is 5.95 Å². The fourth-order valence-electron chi connectivity index (χ4n) is 3.78. The Kier molecular flexibility index (Phi) is 6.99. The first kappa shape index (κ1) is 21.7. The van der Waals surface area contributed by atoms with E-state index in [0.29, 0.717) is 22.7 Å². The number of para-hydroxylation sites is 1. The number of aromatic hydroxyl groups is 1. The van der Waals surface area contributed by atoms with Crippen LogP contribution in [0.5, 0.6) is 5.75 Å². The Bertz CT molecular complexity index is 984. The van der Waals surface area contributed by atoms with Crippen molar-refractivity contribution in [2.24, 2.45) is 5.92 Å². The highest BCUT2D eigenvalue weighted by Gasteiger charge is 2.26. The molecule has 0 bridgehead atoms. The van der Waals surface area contributed by atoms with Crippen LogP contribution in [-0.4, -0.2) is 38.2 Å². The summed E-state index contributed by atoms with van der Waals surface area (Å²) in [6, 6.07) is 8.37. The van der Waals surface area contributed by atoms with Gasteiger partial charge in [-0.05, 0) is 57.0 Å². The van der Waals surface area contributed by atoms with Crippen LogP contribution in [-0.2, 0) is 0 Å². The van der Waals surface area contributed by atoms with Crippen molar-refractivity contribution < 1.29 is 9.50 Å². The number of hydrogen-bond acceptors (Lipinski definition) is 6. The topological polar surface area (TPSA) is 102 Å². The second-order valence-corrected chi connectivity index (χ2v) is 7.17. The Morgan fingerprint density at radius 2 is 1.83 bits per heavy atom. The number of aromatic nitrogens is 4. The van der Waals surface area contributed by atoms with Gasteiger partial charge < -0.3 is 16.2 Å². The highest BCUT2D eigenvalue weighted by atomic mass is 19.1. The van der Waals surface area contributed by atoms with Gasteiger partial charge in [-0.25, -0.2) is 4.68 Å². The van der Waals surface area contributed by atoms with Crippen LogP contribution in [0.25, 0.3) is 22.4 Å². The molecule has 0 amide bonds. The maximum Gasteiger partial charge on any atom is 0.219 e. The number of phenols is 1. The maximum atomic E-state index is 15.2.